The van der Waals surface area contributed by atoms with Gasteiger partial charge >= 0.3 is 0 Å². The summed E-state index contributed by atoms with van der Waals surface area (Å²) in [7, 11) is -3.67. The Morgan fingerprint density at radius 3 is 2.29 bits per heavy atom. The van der Waals surface area contributed by atoms with Crippen LogP contribution in [0, 0.1) is 0 Å². The number of hydrogen-bond donors (Lipinski definition) is 0. The predicted molar refractivity (Wildman–Crippen MR) is 115 cm³/mol. The number of rotatable bonds is 7. The minimum atomic E-state index is -3.67. The summed E-state index contributed by atoms with van der Waals surface area (Å²) in [5.41, 5.74) is 0.309. The molecular formula is C23H26N2O5S. The van der Waals surface area contributed by atoms with Gasteiger partial charge in [-0.1, -0.05) is 12.5 Å². The molecular weight excluding hydrogens is 416 g/mol. The van der Waals surface area contributed by atoms with E-state index in [1.807, 2.05) is 6.92 Å². The van der Waals surface area contributed by atoms with Gasteiger partial charge in [-0.15, -0.1) is 0 Å². The van der Waals surface area contributed by atoms with E-state index < -0.39 is 10.0 Å². The third-order valence-corrected chi connectivity index (χ3v) is 7.58. The number of amides is 1. The van der Waals surface area contributed by atoms with E-state index in [1.165, 1.54) is 6.07 Å². The van der Waals surface area contributed by atoms with Gasteiger partial charge in [-0.05, 0) is 62.2 Å². The van der Waals surface area contributed by atoms with Gasteiger partial charge < -0.3 is 13.7 Å². The number of furan rings is 2. The first-order chi connectivity index (χ1) is 14.9. The Hall–Kier alpha value is -2.84. The van der Waals surface area contributed by atoms with E-state index in [4.69, 9.17) is 8.83 Å². The van der Waals surface area contributed by atoms with Crippen molar-refractivity contribution in [2.75, 3.05) is 6.54 Å². The molecule has 1 saturated heterocycles. The van der Waals surface area contributed by atoms with Crippen LogP contribution in [0.2, 0.25) is 0 Å². The van der Waals surface area contributed by atoms with Gasteiger partial charge in [-0.25, -0.2) is 8.42 Å². The molecule has 3 heterocycles. The fraction of sp³-hybridized carbons (Fsp3) is 0.348. The molecule has 1 atom stereocenters. The van der Waals surface area contributed by atoms with Gasteiger partial charge in [-0.2, -0.15) is 4.31 Å². The second kappa shape index (κ2) is 9.11. The zero-order valence-corrected chi connectivity index (χ0v) is 18.3. The number of carbonyl (C=O) groups is 1. The van der Waals surface area contributed by atoms with Crippen LogP contribution in [-0.4, -0.2) is 36.1 Å². The molecule has 3 aromatic rings. The summed E-state index contributed by atoms with van der Waals surface area (Å²) >= 11 is 0. The zero-order chi connectivity index (χ0) is 21.8. The smallest absolute Gasteiger partial charge is 0.254 e. The highest BCUT2D eigenvalue weighted by Gasteiger charge is 2.31. The van der Waals surface area contributed by atoms with Crippen molar-refractivity contribution in [2.24, 2.45) is 0 Å². The summed E-state index contributed by atoms with van der Waals surface area (Å²) in [5.74, 6) is 0.966. The highest BCUT2D eigenvalue weighted by atomic mass is 32.2. The standard InChI is InChI=1S/C23H26N2O5S/c1-18-7-2-3-12-25(18)31(27,28)22-11-4-8-19(15-22)23(26)24(16-20-9-5-13-29-20)17-21-10-6-14-30-21/h4-6,8-11,13-15,18H,2-3,7,12,16-17H2,1H3. The number of piperidine rings is 1. The Balaban J connectivity index is 1.61. The summed E-state index contributed by atoms with van der Waals surface area (Å²) in [6, 6.07) is 13.3. The van der Waals surface area contributed by atoms with Crippen molar-refractivity contribution in [1.82, 2.24) is 9.21 Å². The topological polar surface area (TPSA) is 84.0 Å². The van der Waals surface area contributed by atoms with Gasteiger partial charge in [0, 0.05) is 18.2 Å². The predicted octanol–water partition coefficient (Wildman–Crippen LogP) is 4.28. The van der Waals surface area contributed by atoms with Crippen LogP contribution in [-0.2, 0) is 23.1 Å². The third-order valence-electron chi connectivity index (χ3n) is 5.57. The van der Waals surface area contributed by atoms with Gasteiger partial charge in [0.05, 0.1) is 30.5 Å². The summed E-state index contributed by atoms with van der Waals surface area (Å²) in [5, 5.41) is 0. The van der Waals surface area contributed by atoms with E-state index in [0.717, 1.165) is 19.3 Å². The lowest BCUT2D eigenvalue weighted by Gasteiger charge is -2.32. The number of sulfonamides is 1. The molecule has 0 radical (unpaired) electrons. The van der Waals surface area contributed by atoms with Crippen molar-refractivity contribution < 1.29 is 22.0 Å². The average Bonchev–Trinajstić information content (AvgIpc) is 3.47. The molecule has 0 bridgehead atoms. The van der Waals surface area contributed by atoms with Crippen LogP contribution in [0.25, 0.3) is 0 Å². The Morgan fingerprint density at radius 2 is 1.71 bits per heavy atom. The Labute approximate surface area is 182 Å². The van der Waals surface area contributed by atoms with E-state index in [9.17, 15) is 13.2 Å². The molecule has 31 heavy (non-hydrogen) atoms. The lowest BCUT2D eigenvalue weighted by atomic mass is 10.1. The fourth-order valence-corrected chi connectivity index (χ4v) is 5.66. The highest BCUT2D eigenvalue weighted by molar-refractivity contribution is 7.89. The normalized spacial score (nSPS) is 17.5. The van der Waals surface area contributed by atoms with E-state index in [2.05, 4.69) is 0 Å². The summed E-state index contributed by atoms with van der Waals surface area (Å²) in [6.07, 6.45) is 5.83. The SMILES string of the molecule is CC1CCCCN1S(=O)(=O)c1cccc(C(=O)N(Cc2ccco2)Cc2ccco2)c1. The Morgan fingerprint density at radius 1 is 1.03 bits per heavy atom. The average molecular weight is 443 g/mol. The molecule has 0 aliphatic carbocycles. The van der Waals surface area contributed by atoms with Crippen LogP contribution in [0.1, 0.15) is 48.1 Å². The molecule has 8 heteroatoms. The van der Waals surface area contributed by atoms with Gasteiger partial charge in [0.15, 0.2) is 0 Å². The van der Waals surface area contributed by atoms with E-state index in [1.54, 1.807) is 64.2 Å². The molecule has 1 unspecified atom stereocenters. The number of hydrogen-bond acceptors (Lipinski definition) is 5. The van der Waals surface area contributed by atoms with E-state index in [-0.39, 0.29) is 29.9 Å². The summed E-state index contributed by atoms with van der Waals surface area (Å²) in [4.78, 5) is 15.1. The number of carbonyl (C=O) groups excluding carboxylic acids is 1. The van der Waals surface area contributed by atoms with Crippen molar-refractivity contribution in [1.29, 1.82) is 0 Å². The van der Waals surface area contributed by atoms with Crippen molar-refractivity contribution in [3.63, 3.8) is 0 Å². The van der Waals surface area contributed by atoms with Crippen molar-refractivity contribution in [2.45, 2.75) is 50.2 Å². The lowest BCUT2D eigenvalue weighted by molar-refractivity contribution is 0.0704. The minimum Gasteiger partial charge on any atom is -0.467 e. The molecule has 0 N–H and O–H groups in total. The van der Waals surface area contributed by atoms with Crippen LogP contribution in [0.15, 0.2) is 74.8 Å². The first-order valence-corrected chi connectivity index (χ1v) is 11.8. The molecule has 1 aromatic carbocycles. The maximum atomic E-state index is 13.4. The second-order valence-corrected chi connectivity index (χ2v) is 9.70. The van der Waals surface area contributed by atoms with Gasteiger partial charge in [0.1, 0.15) is 11.5 Å². The fourth-order valence-electron chi connectivity index (χ4n) is 3.92. The lowest BCUT2D eigenvalue weighted by Crippen LogP contribution is -2.42. The second-order valence-electron chi connectivity index (χ2n) is 7.81. The molecule has 164 valence electrons. The van der Waals surface area contributed by atoms with Crippen LogP contribution in [0.4, 0.5) is 0 Å². The molecule has 1 fully saturated rings. The molecule has 0 spiro atoms. The first-order valence-electron chi connectivity index (χ1n) is 10.4. The minimum absolute atomic E-state index is 0.0486. The van der Waals surface area contributed by atoms with Crippen LogP contribution in [0.5, 0.6) is 0 Å². The van der Waals surface area contributed by atoms with Gasteiger partial charge in [0.25, 0.3) is 5.91 Å². The molecule has 2 aromatic heterocycles. The Kier molecular flexibility index (Phi) is 6.29. The Bertz CT molecular complexity index is 1070. The number of nitrogens with zero attached hydrogens (tertiary/aromatic N) is 2. The molecule has 7 nitrogen and oxygen atoms in total. The van der Waals surface area contributed by atoms with Crippen LogP contribution in [0.3, 0.4) is 0 Å². The van der Waals surface area contributed by atoms with Crippen molar-refractivity contribution in [3.05, 3.63) is 78.1 Å². The molecule has 1 amide bonds. The summed E-state index contributed by atoms with van der Waals surface area (Å²) < 4.78 is 38.8. The van der Waals surface area contributed by atoms with Gasteiger partial charge in [0.2, 0.25) is 10.0 Å². The first kappa shape index (κ1) is 21.4. The molecule has 1 aliphatic heterocycles. The summed E-state index contributed by atoms with van der Waals surface area (Å²) in [6.45, 7) is 2.92. The maximum absolute atomic E-state index is 13.4. The van der Waals surface area contributed by atoms with E-state index >= 15 is 0 Å². The highest BCUT2D eigenvalue weighted by Crippen LogP contribution is 2.26. The molecule has 0 saturated carbocycles. The van der Waals surface area contributed by atoms with Crippen molar-refractivity contribution in [3.8, 4) is 0 Å². The molecule has 4 rings (SSSR count). The maximum Gasteiger partial charge on any atom is 0.254 e. The van der Waals surface area contributed by atoms with E-state index in [0.29, 0.717) is 23.6 Å². The van der Waals surface area contributed by atoms with Crippen molar-refractivity contribution >= 4 is 15.9 Å². The third kappa shape index (κ3) is 4.75. The van der Waals surface area contributed by atoms with Crippen LogP contribution >= 0.6 is 0 Å². The monoisotopic (exact) mass is 442 g/mol. The largest absolute Gasteiger partial charge is 0.467 e. The zero-order valence-electron chi connectivity index (χ0n) is 17.4. The van der Waals surface area contributed by atoms with Crippen LogP contribution < -0.4 is 0 Å². The van der Waals surface area contributed by atoms with Gasteiger partial charge in [-0.3, -0.25) is 4.79 Å². The molecule has 1 aliphatic rings. The number of benzene rings is 1. The quantitative estimate of drug-likeness (QED) is 0.545.